The number of hydrogen-bond donors (Lipinski definition) is 0. The van der Waals surface area contributed by atoms with Gasteiger partial charge in [-0.2, -0.15) is 0 Å². The molecular formula is C22H18BrN5. The van der Waals surface area contributed by atoms with Crippen molar-refractivity contribution in [3.63, 3.8) is 0 Å². The number of benzene rings is 2. The Kier molecular flexibility index (Phi) is 3.84. The van der Waals surface area contributed by atoms with Gasteiger partial charge < -0.3 is 0 Å². The molecule has 0 N–H and O–H groups in total. The van der Waals surface area contributed by atoms with Crippen LogP contribution < -0.4 is 0 Å². The molecule has 0 amide bonds. The smallest absolute Gasteiger partial charge is 0.182 e. The standard InChI is InChI=1S/C22H18BrN5/c1-13-8-4-5-9-16(13)20-25-22-19-14(2)15(3)28(18-11-7-6-10-17(18)23)21(19)24-12-27(22)26-20/h4-12H,1-3H3. The van der Waals surface area contributed by atoms with E-state index in [9.17, 15) is 0 Å². The molecule has 0 aliphatic carbocycles. The highest BCUT2D eigenvalue weighted by Gasteiger charge is 2.20. The maximum atomic E-state index is 4.89. The minimum Gasteiger partial charge on any atom is -0.297 e. The Balaban J connectivity index is 1.84. The average Bonchev–Trinajstić information content (AvgIpc) is 3.22. The summed E-state index contributed by atoms with van der Waals surface area (Å²) < 4.78 is 4.98. The number of halogens is 1. The molecule has 138 valence electrons. The highest BCUT2D eigenvalue weighted by atomic mass is 79.9. The van der Waals surface area contributed by atoms with Crippen LogP contribution in [0.2, 0.25) is 0 Å². The molecule has 3 aromatic heterocycles. The lowest BCUT2D eigenvalue weighted by Gasteiger charge is -2.09. The number of hydrogen-bond acceptors (Lipinski definition) is 3. The fourth-order valence-corrected chi connectivity index (χ4v) is 4.19. The van der Waals surface area contributed by atoms with Gasteiger partial charge in [0.15, 0.2) is 17.1 Å². The van der Waals surface area contributed by atoms with E-state index in [-0.39, 0.29) is 0 Å². The minimum absolute atomic E-state index is 0.720. The lowest BCUT2D eigenvalue weighted by atomic mass is 10.1. The van der Waals surface area contributed by atoms with Crippen LogP contribution in [0.3, 0.4) is 0 Å². The molecule has 3 heterocycles. The van der Waals surface area contributed by atoms with E-state index >= 15 is 0 Å². The van der Waals surface area contributed by atoms with Crippen LogP contribution in [0, 0.1) is 20.8 Å². The molecule has 0 fully saturated rings. The molecule has 0 aliphatic heterocycles. The van der Waals surface area contributed by atoms with E-state index in [0.717, 1.165) is 55.0 Å². The van der Waals surface area contributed by atoms with Crippen molar-refractivity contribution in [3.05, 3.63) is 76.2 Å². The maximum absolute atomic E-state index is 4.89. The van der Waals surface area contributed by atoms with Gasteiger partial charge in [0, 0.05) is 15.7 Å². The zero-order chi connectivity index (χ0) is 19.4. The highest BCUT2D eigenvalue weighted by molar-refractivity contribution is 9.10. The molecule has 6 heteroatoms. The van der Waals surface area contributed by atoms with E-state index in [1.165, 1.54) is 0 Å². The normalized spacial score (nSPS) is 11.6. The number of fused-ring (bicyclic) bond motifs is 3. The minimum atomic E-state index is 0.720. The summed E-state index contributed by atoms with van der Waals surface area (Å²) in [7, 11) is 0. The first-order valence-corrected chi connectivity index (χ1v) is 9.89. The fourth-order valence-electron chi connectivity index (χ4n) is 3.73. The number of aromatic nitrogens is 5. The van der Waals surface area contributed by atoms with Crippen molar-refractivity contribution in [2.24, 2.45) is 0 Å². The predicted molar refractivity (Wildman–Crippen MR) is 115 cm³/mol. The van der Waals surface area contributed by atoms with Crippen LogP contribution in [0.15, 0.2) is 59.3 Å². The van der Waals surface area contributed by atoms with Crippen molar-refractivity contribution in [1.29, 1.82) is 0 Å². The summed E-state index contributed by atoms with van der Waals surface area (Å²) in [4.78, 5) is 9.63. The second kappa shape index (κ2) is 6.27. The second-order valence-corrected chi connectivity index (χ2v) is 7.81. The van der Waals surface area contributed by atoms with E-state index in [1.54, 1.807) is 10.8 Å². The van der Waals surface area contributed by atoms with E-state index in [2.05, 4.69) is 64.6 Å². The monoisotopic (exact) mass is 431 g/mol. The third-order valence-electron chi connectivity index (χ3n) is 5.31. The van der Waals surface area contributed by atoms with Crippen LogP contribution in [-0.2, 0) is 0 Å². The van der Waals surface area contributed by atoms with Crippen LogP contribution in [0.25, 0.3) is 33.8 Å². The van der Waals surface area contributed by atoms with Gasteiger partial charge in [-0.3, -0.25) is 4.57 Å². The van der Waals surface area contributed by atoms with Gasteiger partial charge in [0.1, 0.15) is 6.33 Å². The van der Waals surface area contributed by atoms with Crippen molar-refractivity contribution < 1.29 is 0 Å². The van der Waals surface area contributed by atoms with Crippen molar-refractivity contribution in [2.45, 2.75) is 20.8 Å². The lowest BCUT2D eigenvalue weighted by molar-refractivity contribution is 0.926. The van der Waals surface area contributed by atoms with Gasteiger partial charge in [0.25, 0.3) is 0 Å². The van der Waals surface area contributed by atoms with Gasteiger partial charge >= 0.3 is 0 Å². The average molecular weight is 432 g/mol. The molecule has 0 atom stereocenters. The van der Waals surface area contributed by atoms with Gasteiger partial charge in [-0.25, -0.2) is 14.5 Å². The van der Waals surface area contributed by atoms with Crippen LogP contribution in [0.1, 0.15) is 16.8 Å². The first-order valence-electron chi connectivity index (χ1n) is 9.10. The number of aryl methyl sites for hydroxylation is 2. The zero-order valence-corrected chi connectivity index (χ0v) is 17.4. The Bertz CT molecular complexity index is 1360. The molecule has 0 saturated carbocycles. The van der Waals surface area contributed by atoms with Crippen molar-refractivity contribution in [1.82, 2.24) is 24.1 Å². The van der Waals surface area contributed by atoms with Crippen LogP contribution >= 0.6 is 15.9 Å². The number of nitrogens with zero attached hydrogens (tertiary/aromatic N) is 5. The number of para-hydroxylation sites is 1. The summed E-state index contributed by atoms with van der Waals surface area (Å²) >= 11 is 3.67. The van der Waals surface area contributed by atoms with E-state index in [0.29, 0.717) is 0 Å². The molecule has 28 heavy (non-hydrogen) atoms. The Labute approximate surface area is 170 Å². The Morgan fingerprint density at radius 1 is 0.893 bits per heavy atom. The summed E-state index contributed by atoms with van der Waals surface area (Å²) in [5, 5.41) is 5.72. The highest BCUT2D eigenvalue weighted by Crippen LogP contribution is 2.33. The summed E-state index contributed by atoms with van der Waals surface area (Å²) in [5.74, 6) is 0.720. The molecule has 0 aliphatic rings. The molecule has 2 aromatic carbocycles. The molecule has 0 radical (unpaired) electrons. The largest absolute Gasteiger partial charge is 0.297 e. The molecular weight excluding hydrogens is 414 g/mol. The van der Waals surface area contributed by atoms with Gasteiger partial charge in [0.05, 0.1) is 11.1 Å². The molecule has 0 spiro atoms. The first kappa shape index (κ1) is 17.1. The topological polar surface area (TPSA) is 48.0 Å². The van der Waals surface area contributed by atoms with Crippen molar-refractivity contribution in [2.75, 3.05) is 0 Å². The van der Waals surface area contributed by atoms with E-state index in [4.69, 9.17) is 9.97 Å². The van der Waals surface area contributed by atoms with Gasteiger partial charge in [-0.1, -0.05) is 36.4 Å². The van der Waals surface area contributed by atoms with Crippen LogP contribution in [0.5, 0.6) is 0 Å². The predicted octanol–water partition coefficient (Wildman–Crippen LogP) is 5.42. The molecule has 0 saturated heterocycles. The second-order valence-electron chi connectivity index (χ2n) is 6.96. The third kappa shape index (κ3) is 2.41. The Morgan fingerprint density at radius 3 is 2.43 bits per heavy atom. The maximum Gasteiger partial charge on any atom is 0.182 e. The van der Waals surface area contributed by atoms with Crippen LogP contribution in [0.4, 0.5) is 0 Å². The SMILES string of the molecule is Cc1ccccc1-c1nc2c3c(C)c(C)n(-c4ccccc4Br)c3ncn2n1. The molecule has 0 unspecified atom stereocenters. The Morgan fingerprint density at radius 2 is 1.64 bits per heavy atom. The summed E-state index contributed by atoms with van der Waals surface area (Å²) in [6.07, 6.45) is 1.75. The van der Waals surface area contributed by atoms with Gasteiger partial charge in [-0.15, -0.1) is 5.10 Å². The van der Waals surface area contributed by atoms with E-state index < -0.39 is 0 Å². The summed E-state index contributed by atoms with van der Waals surface area (Å²) in [6, 6.07) is 16.4. The lowest BCUT2D eigenvalue weighted by Crippen LogP contribution is -2.00. The summed E-state index contributed by atoms with van der Waals surface area (Å²) in [6.45, 7) is 6.31. The first-order chi connectivity index (χ1) is 13.6. The van der Waals surface area contributed by atoms with Crippen LogP contribution in [-0.4, -0.2) is 24.1 Å². The van der Waals surface area contributed by atoms with Crippen molar-refractivity contribution in [3.8, 4) is 17.1 Å². The fraction of sp³-hybridized carbons (Fsp3) is 0.136. The molecule has 5 nitrogen and oxygen atoms in total. The quantitative estimate of drug-likeness (QED) is 0.374. The molecule has 5 rings (SSSR count). The summed E-state index contributed by atoms with van der Waals surface area (Å²) in [5.41, 5.74) is 7.28. The molecule has 0 bridgehead atoms. The Hall–Kier alpha value is -2.99. The third-order valence-corrected chi connectivity index (χ3v) is 5.98. The number of rotatable bonds is 2. The van der Waals surface area contributed by atoms with Gasteiger partial charge in [-0.05, 0) is 60.0 Å². The zero-order valence-electron chi connectivity index (χ0n) is 15.8. The molecule has 5 aromatic rings. The van der Waals surface area contributed by atoms with Crippen molar-refractivity contribution >= 4 is 32.6 Å². The van der Waals surface area contributed by atoms with E-state index in [1.807, 2.05) is 30.3 Å². The van der Waals surface area contributed by atoms with Gasteiger partial charge in [0.2, 0.25) is 0 Å².